The molecule has 0 radical (unpaired) electrons. The molecule has 17 heteroatoms. The number of aromatic amines is 1. The highest BCUT2D eigenvalue weighted by molar-refractivity contribution is 8.01. The molecule has 11 nitrogen and oxygen atoms in total. The van der Waals surface area contributed by atoms with Gasteiger partial charge in [0.2, 0.25) is 11.1 Å². The lowest BCUT2D eigenvalue weighted by molar-refractivity contribution is -0.192. The van der Waals surface area contributed by atoms with Gasteiger partial charge in [-0.1, -0.05) is 11.8 Å². The fourth-order valence-electron chi connectivity index (χ4n) is 3.04. The first-order valence-electron chi connectivity index (χ1n) is 8.38. The SMILES string of the molecule is CO[C@@]1(NC(=O)CSC(F)(F)F)C(=O)N2C(C(=O)O)=C(C(C)Sc3nn[nH]n3)CS[C@H]21. The van der Waals surface area contributed by atoms with Crippen LogP contribution in [0.2, 0.25) is 0 Å². The Morgan fingerprint density at radius 1 is 1.52 bits per heavy atom. The van der Waals surface area contributed by atoms with E-state index in [9.17, 15) is 32.7 Å². The van der Waals surface area contributed by atoms with Gasteiger partial charge in [-0.15, -0.1) is 22.0 Å². The molecule has 1 aromatic rings. The number of H-pyrrole nitrogens is 1. The van der Waals surface area contributed by atoms with Crippen molar-refractivity contribution < 1.29 is 37.4 Å². The number of aliphatic carboxylic acids is 1. The number of methoxy groups -OCH3 is 1. The number of aromatic nitrogens is 4. The summed E-state index contributed by atoms with van der Waals surface area (Å²) in [6.45, 7) is 1.71. The number of ether oxygens (including phenoxy) is 1. The number of hydrogen-bond donors (Lipinski definition) is 3. The zero-order chi connectivity index (χ0) is 23.0. The Morgan fingerprint density at radius 2 is 2.23 bits per heavy atom. The van der Waals surface area contributed by atoms with Crippen molar-refractivity contribution in [2.45, 2.75) is 33.9 Å². The Labute approximate surface area is 185 Å². The predicted octanol–water partition coefficient (Wildman–Crippen LogP) is 0.646. The largest absolute Gasteiger partial charge is 0.477 e. The minimum absolute atomic E-state index is 0.167. The van der Waals surface area contributed by atoms with Crippen molar-refractivity contribution in [3.63, 3.8) is 0 Å². The van der Waals surface area contributed by atoms with Gasteiger partial charge in [0.1, 0.15) is 11.1 Å². The summed E-state index contributed by atoms with van der Waals surface area (Å²) in [6, 6.07) is 0. The van der Waals surface area contributed by atoms with Gasteiger partial charge in [0, 0.05) is 18.1 Å². The van der Waals surface area contributed by atoms with Gasteiger partial charge in [-0.05, 0) is 29.5 Å². The van der Waals surface area contributed by atoms with Crippen molar-refractivity contribution in [2.75, 3.05) is 18.6 Å². The number of alkyl halides is 3. The molecule has 2 aliphatic rings. The number of carbonyl (C=O) groups excluding carboxylic acids is 2. The maximum Gasteiger partial charge on any atom is 0.442 e. The van der Waals surface area contributed by atoms with Crippen LogP contribution in [-0.2, 0) is 19.1 Å². The number of hydrogen-bond acceptors (Lipinski definition) is 10. The number of thioether (sulfide) groups is 3. The topological polar surface area (TPSA) is 150 Å². The second-order valence-electron chi connectivity index (χ2n) is 6.19. The summed E-state index contributed by atoms with van der Waals surface area (Å²) >= 11 is 1.70. The Bertz CT molecular complexity index is 914. The third kappa shape index (κ3) is 4.63. The number of nitrogens with zero attached hydrogens (tertiary/aromatic N) is 4. The predicted molar refractivity (Wildman–Crippen MR) is 104 cm³/mol. The molecule has 3 heterocycles. The number of carbonyl (C=O) groups is 3. The Hall–Kier alpha value is -1.98. The molecule has 1 aromatic heterocycles. The fourth-order valence-corrected chi connectivity index (χ4v) is 5.91. The smallest absolute Gasteiger partial charge is 0.442 e. The van der Waals surface area contributed by atoms with E-state index < -0.39 is 57.2 Å². The highest BCUT2D eigenvalue weighted by Gasteiger charge is 2.66. The number of carboxylic acid groups (broad SMARTS) is 1. The molecule has 3 atom stereocenters. The minimum Gasteiger partial charge on any atom is -0.477 e. The van der Waals surface area contributed by atoms with E-state index >= 15 is 0 Å². The summed E-state index contributed by atoms with van der Waals surface area (Å²) in [7, 11) is 1.11. The first-order chi connectivity index (χ1) is 14.5. The number of β-lactam (4-membered cyclic amide) rings is 1. The first kappa shape index (κ1) is 23.7. The van der Waals surface area contributed by atoms with Crippen LogP contribution < -0.4 is 5.32 Å². The highest BCUT2D eigenvalue weighted by atomic mass is 32.2. The Balaban J connectivity index is 1.81. The number of halogens is 3. The quantitative estimate of drug-likeness (QED) is 0.262. The third-order valence-electron chi connectivity index (χ3n) is 4.38. The number of tetrazole rings is 1. The van der Waals surface area contributed by atoms with Crippen molar-refractivity contribution in [1.82, 2.24) is 30.8 Å². The Morgan fingerprint density at radius 3 is 2.77 bits per heavy atom. The molecule has 0 bridgehead atoms. The van der Waals surface area contributed by atoms with Crippen LogP contribution in [0.4, 0.5) is 13.2 Å². The zero-order valence-electron chi connectivity index (χ0n) is 15.8. The van der Waals surface area contributed by atoms with Gasteiger partial charge in [-0.2, -0.15) is 18.4 Å². The molecule has 31 heavy (non-hydrogen) atoms. The van der Waals surface area contributed by atoms with Crippen LogP contribution in [0.5, 0.6) is 0 Å². The average molecular weight is 501 g/mol. The van der Waals surface area contributed by atoms with Gasteiger partial charge in [0.05, 0.1) is 5.75 Å². The minimum atomic E-state index is -4.62. The molecular weight excluding hydrogens is 485 g/mol. The summed E-state index contributed by atoms with van der Waals surface area (Å²) in [5.41, 5.74) is -6.43. The van der Waals surface area contributed by atoms with Crippen molar-refractivity contribution in [3.05, 3.63) is 11.3 Å². The summed E-state index contributed by atoms with van der Waals surface area (Å²) < 4.78 is 42.2. The maximum atomic E-state index is 12.9. The first-order valence-corrected chi connectivity index (χ1v) is 11.3. The van der Waals surface area contributed by atoms with Crippen molar-refractivity contribution in [3.8, 4) is 0 Å². The zero-order valence-corrected chi connectivity index (χ0v) is 18.2. The van der Waals surface area contributed by atoms with Gasteiger partial charge in [-0.25, -0.2) is 4.79 Å². The maximum absolute atomic E-state index is 12.9. The van der Waals surface area contributed by atoms with E-state index in [1.54, 1.807) is 6.92 Å². The van der Waals surface area contributed by atoms with Crippen LogP contribution in [0, 0.1) is 0 Å². The molecular formula is C14H15F3N6O5S3. The van der Waals surface area contributed by atoms with Crippen LogP contribution in [0.1, 0.15) is 6.92 Å². The van der Waals surface area contributed by atoms with E-state index in [-0.39, 0.29) is 16.6 Å². The van der Waals surface area contributed by atoms with Crippen LogP contribution in [0.25, 0.3) is 0 Å². The average Bonchev–Trinajstić information content (AvgIpc) is 3.21. The molecule has 0 spiro atoms. The van der Waals surface area contributed by atoms with Crippen LogP contribution in [0.3, 0.4) is 0 Å². The lowest BCUT2D eigenvalue weighted by Crippen LogP contribution is -2.80. The number of amides is 2. The van der Waals surface area contributed by atoms with E-state index in [0.717, 1.165) is 35.5 Å². The van der Waals surface area contributed by atoms with E-state index in [1.807, 2.05) is 0 Å². The van der Waals surface area contributed by atoms with E-state index in [0.29, 0.717) is 5.57 Å². The summed E-state index contributed by atoms with van der Waals surface area (Å²) in [6.07, 6.45) is 0. The molecule has 0 saturated carbocycles. The van der Waals surface area contributed by atoms with E-state index in [2.05, 4.69) is 25.9 Å². The van der Waals surface area contributed by atoms with E-state index in [4.69, 9.17) is 4.74 Å². The van der Waals surface area contributed by atoms with Crippen molar-refractivity contribution in [2.24, 2.45) is 0 Å². The highest BCUT2D eigenvalue weighted by Crippen LogP contribution is 2.48. The lowest BCUT2D eigenvalue weighted by atomic mass is 9.97. The van der Waals surface area contributed by atoms with Crippen LogP contribution in [-0.4, -0.2) is 88.9 Å². The molecule has 170 valence electrons. The number of fused-ring (bicyclic) bond motifs is 1. The second kappa shape index (κ2) is 8.87. The molecule has 1 saturated heterocycles. The molecule has 1 unspecified atom stereocenters. The van der Waals surface area contributed by atoms with Gasteiger partial charge < -0.3 is 15.2 Å². The normalized spacial score (nSPS) is 24.5. The molecule has 1 fully saturated rings. The summed E-state index contributed by atoms with van der Waals surface area (Å²) in [5, 5.41) is 24.1. The number of nitrogens with one attached hydrogen (secondary N) is 2. The summed E-state index contributed by atoms with van der Waals surface area (Å²) in [5.74, 6) is -4.11. The van der Waals surface area contributed by atoms with Gasteiger partial charge in [0.25, 0.3) is 11.6 Å². The summed E-state index contributed by atoms with van der Waals surface area (Å²) in [4.78, 5) is 37.8. The molecule has 2 amide bonds. The fraction of sp³-hybridized carbons (Fsp3) is 0.571. The molecule has 3 N–H and O–H groups in total. The van der Waals surface area contributed by atoms with E-state index in [1.165, 1.54) is 0 Å². The van der Waals surface area contributed by atoms with Crippen molar-refractivity contribution >= 4 is 53.1 Å². The van der Waals surface area contributed by atoms with Gasteiger partial charge >= 0.3 is 11.5 Å². The molecule has 2 aliphatic heterocycles. The molecule has 0 aliphatic carbocycles. The Kier molecular flexibility index (Phi) is 6.78. The molecule has 0 aromatic carbocycles. The number of rotatable bonds is 8. The monoisotopic (exact) mass is 500 g/mol. The van der Waals surface area contributed by atoms with Gasteiger partial charge in [-0.3, -0.25) is 14.5 Å². The second-order valence-corrected chi connectivity index (χ2v) is 9.61. The lowest BCUT2D eigenvalue weighted by Gasteiger charge is -2.56. The van der Waals surface area contributed by atoms with Crippen LogP contribution in [0.15, 0.2) is 16.4 Å². The van der Waals surface area contributed by atoms with Crippen LogP contribution >= 0.6 is 35.3 Å². The number of carboxylic acids is 1. The van der Waals surface area contributed by atoms with Crippen molar-refractivity contribution in [1.29, 1.82) is 0 Å². The third-order valence-corrected chi connectivity index (χ3v) is 7.47. The van der Waals surface area contributed by atoms with Gasteiger partial charge in [0.15, 0.2) is 0 Å². The molecule has 3 rings (SSSR count). The standard InChI is InChI=1S/C14H15F3N6O5S3/c1-5(31-12-19-21-22-20-12)6-3-29-11-13(28-2,10(27)23(11)8(6)9(25)26)18-7(24)4-30-14(15,16)17/h5,11H,3-4H2,1-2H3,(H,18,24)(H,25,26)(H,19,20,21,22)/t5?,11-,13-/m0/s1.